The highest BCUT2D eigenvalue weighted by Gasteiger charge is 2.43. The van der Waals surface area contributed by atoms with Crippen molar-refractivity contribution in [1.29, 1.82) is 0 Å². The van der Waals surface area contributed by atoms with Gasteiger partial charge in [0.15, 0.2) is 5.96 Å². The van der Waals surface area contributed by atoms with Gasteiger partial charge in [-0.1, -0.05) is 18.2 Å². The standard InChI is InChI=1S/C19H31N3O2S/c1-20-18(21-12-6-7-13-24-15-14-23-2)22-16-19(10-11-19)25-17-8-4-3-5-9-17/h3-5,8-9H,6-7,10-16H2,1-2H3,(H2,20,21,22). The molecule has 0 aliphatic heterocycles. The molecule has 1 aromatic rings. The van der Waals surface area contributed by atoms with Crippen LogP contribution in [0.2, 0.25) is 0 Å². The summed E-state index contributed by atoms with van der Waals surface area (Å²) in [4.78, 5) is 5.67. The van der Waals surface area contributed by atoms with Crippen molar-refractivity contribution in [2.45, 2.75) is 35.3 Å². The summed E-state index contributed by atoms with van der Waals surface area (Å²) in [6.45, 7) is 3.98. The van der Waals surface area contributed by atoms with E-state index in [0.717, 1.165) is 38.5 Å². The topological polar surface area (TPSA) is 54.9 Å². The van der Waals surface area contributed by atoms with Crippen molar-refractivity contribution in [2.75, 3.05) is 47.1 Å². The van der Waals surface area contributed by atoms with Crippen LogP contribution in [0, 0.1) is 0 Å². The average molecular weight is 366 g/mol. The maximum Gasteiger partial charge on any atom is 0.191 e. The van der Waals surface area contributed by atoms with E-state index < -0.39 is 0 Å². The maximum absolute atomic E-state index is 5.46. The number of hydrogen-bond donors (Lipinski definition) is 2. The van der Waals surface area contributed by atoms with Crippen LogP contribution in [-0.4, -0.2) is 57.8 Å². The number of nitrogens with one attached hydrogen (secondary N) is 2. The molecule has 140 valence electrons. The van der Waals surface area contributed by atoms with Gasteiger partial charge in [-0.05, 0) is 37.8 Å². The molecule has 5 nitrogen and oxygen atoms in total. The van der Waals surface area contributed by atoms with Gasteiger partial charge in [-0.3, -0.25) is 4.99 Å². The molecule has 1 fully saturated rings. The van der Waals surface area contributed by atoms with E-state index in [1.807, 2.05) is 18.8 Å². The fraction of sp³-hybridized carbons (Fsp3) is 0.632. The quantitative estimate of drug-likeness (QED) is 0.339. The first-order chi connectivity index (χ1) is 12.3. The number of aliphatic imine (C=N–C) groups is 1. The van der Waals surface area contributed by atoms with Gasteiger partial charge in [0.25, 0.3) is 0 Å². The van der Waals surface area contributed by atoms with E-state index in [-0.39, 0.29) is 0 Å². The highest BCUT2D eigenvalue weighted by atomic mass is 32.2. The number of hydrogen-bond acceptors (Lipinski definition) is 4. The molecule has 2 rings (SSSR count). The molecule has 0 heterocycles. The van der Waals surface area contributed by atoms with Crippen molar-refractivity contribution < 1.29 is 9.47 Å². The molecule has 1 aliphatic carbocycles. The Morgan fingerprint density at radius 2 is 1.92 bits per heavy atom. The summed E-state index contributed by atoms with van der Waals surface area (Å²) >= 11 is 1.98. The lowest BCUT2D eigenvalue weighted by molar-refractivity contribution is 0.0689. The molecule has 0 atom stereocenters. The molecule has 25 heavy (non-hydrogen) atoms. The fourth-order valence-corrected chi connectivity index (χ4v) is 3.68. The molecule has 0 unspecified atom stereocenters. The van der Waals surface area contributed by atoms with Gasteiger partial charge in [-0.15, -0.1) is 11.8 Å². The number of unbranched alkanes of at least 4 members (excludes halogenated alkanes) is 1. The highest BCUT2D eigenvalue weighted by molar-refractivity contribution is 8.01. The summed E-state index contributed by atoms with van der Waals surface area (Å²) in [5.41, 5.74) is 0. The summed E-state index contributed by atoms with van der Waals surface area (Å²) in [6, 6.07) is 10.6. The van der Waals surface area contributed by atoms with Crippen molar-refractivity contribution in [2.24, 2.45) is 4.99 Å². The molecule has 0 radical (unpaired) electrons. The molecule has 0 saturated heterocycles. The van der Waals surface area contributed by atoms with E-state index >= 15 is 0 Å². The summed E-state index contributed by atoms with van der Waals surface area (Å²) < 4.78 is 10.7. The van der Waals surface area contributed by atoms with Crippen molar-refractivity contribution in [3.63, 3.8) is 0 Å². The highest BCUT2D eigenvalue weighted by Crippen LogP contribution is 2.51. The summed E-state index contributed by atoms with van der Waals surface area (Å²) in [7, 11) is 3.52. The first-order valence-corrected chi connectivity index (χ1v) is 9.85. The molecule has 0 aromatic heterocycles. The average Bonchev–Trinajstić information content (AvgIpc) is 3.40. The van der Waals surface area contributed by atoms with Crippen LogP contribution in [0.4, 0.5) is 0 Å². The molecule has 1 aromatic carbocycles. The van der Waals surface area contributed by atoms with Crippen LogP contribution in [0.15, 0.2) is 40.2 Å². The minimum Gasteiger partial charge on any atom is -0.382 e. The predicted molar refractivity (Wildman–Crippen MR) is 106 cm³/mol. The predicted octanol–water partition coefficient (Wildman–Crippen LogP) is 2.92. The first kappa shape index (κ1) is 20.1. The Morgan fingerprint density at radius 1 is 1.12 bits per heavy atom. The second-order valence-electron chi connectivity index (χ2n) is 6.26. The Morgan fingerprint density at radius 3 is 2.60 bits per heavy atom. The van der Waals surface area contributed by atoms with Crippen LogP contribution in [-0.2, 0) is 9.47 Å². The van der Waals surface area contributed by atoms with Crippen molar-refractivity contribution >= 4 is 17.7 Å². The fourth-order valence-electron chi connectivity index (χ4n) is 2.44. The van der Waals surface area contributed by atoms with Crippen LogP contribution in [0.5, 0.6) is 0 Å². The van der Waals surface area contributed by atoms with Crippen LogP contribution in [0.1, 0.15) is 25.7 Å². The van der Waals surface area contributed by atoms with E-state index in [1.165, 1.54) is 17.7 Å². The van der Waals surface area contributed by atoms with Gasteiger partial charge >= 0.3 is 0 Å². The lowest BCUT2D eigenvalue weighted by atomic mass is 10.3. The van der Waals surface area contributed by atoms with E-state index in [9.17, 15) is 0 Å². The van der Waals surface area contributed by atoms with E-state index in [2.05, 4.69) is 46.0 Å². The zero-order valence-corrected chi connectivity index (χ0v) is 16.2. The molecular weight excluding hydrogens is 334 g/mol. The lowest BCUT2D eigenvalue weighted by Crippen LogP contribution is -2.41. The van der Waals surface area contributed by atoms with Gasteiger partial charge in [0, 0.05) is 43.5 Å². The Kier molecular flexibility index (Phi) is 9.15. The third-order valence-electron chi connectivity index (χ3n) is 4.13. The molecule has 6 heteroatoms. The maximum atomic E-state index is 5.46. The lowest BCUT2D eigenvalue weighted by Gasteiger charge is -2.18. The number of guanidine groups is 1. The number of benzene rings is 1. The number of nitrogens with zero attached hydrogens (tertiary/aromatic N) is 1. The third-order valence-corrected chi connectivity index (χ3v) is 5.62. The molecule has 2 N–H and O–H groups in total. The molecule has 1 saturated carbocycles. The molecule has 1 aliphatic rings. The van der Waals surface area contributed by atoms with E-state index in [4.69, 9.17) is 9.47 Å². The van der Waals surface area contributed by atoms with E-state index in [1.54, 1.807) is 7.11 Å². The van der Waals surface area contributed by atoms with Crippen molar-refractivity contribution in [3.8, 4) is 0 Å². The minimum atomic E-state index is 0.328. The van der Waals surface area contributed by atoms with Crippen LogP contribution >= 0.6 is 11.8 Å². The smallest absolute Gasteiger partial charge is 0.191 e. The zero-order chi connectivity index (χ0) is 17.8. The van der Waals surface area contributed by atoms with Crippen molar-refractivity contribution in [1.82, 2.24) is 10.6 Å². The summed E-state index contributed by atoms with van der Waals surface area (Å²) in [5, 5.41) is 6.87. The number of thioether (sulfide) groups is 1. The van der Waals surface area contributed by atoms with Crippen LogP contribution in [0.25, 0.3) is 0 Å². The summed E-state index contributed by atoms with van der Waals surface area (Å²) in [6.07, 6.45) is 4.63. The van der Waals surface area contributed by atoms with Gasteiger partial charge < -0.3 is 20.1 Å². The monoisotopic (exact) mass is 365 g/mol. The Hall–Kier alpha value is -1.24. The van der Waals surface area contributed by atoms with E-state index in [0.29, 0.717) is 18.0 Å². The zero-order valence-electron chi connectivity index (χ0n) is 15.4. The van der Waals surface area contributed by atoms with Gasteiger partial charge in [0.1, 0.15) is 0 Å². The number of ether oxygens (including phenoxy) is 2. The second kappa shape index (κ2) is 11.4. The second-order valence-corrected chi connectivity index (χ2v) is 7.80. The van der Waals surface area contributed by atoms with Gasteiger partial charge in [-0.25, -0.2) is 0 Å². The normalized spacial score (nSPS) is 15.8. The third kappa shape index (κ3) is 8.12. The van der Waals surface area contributed by atoms with Gasteiger partial charge in [0.2, 0.25) is 0 Å². The van der Waals surface area contributed by atoms with Gasteiger partial charge in [-0.2, -0.15) is 0 Å². The molecule has 0 bridgehead atoms. The molecule has 0 amide bonds. The Balaban J connectivity index is 1.57. The van der Waals surface area contributed by atoms with Crippen LogP contribution in [0.3, 0.4) is 0 Å². The number of methoxy groups -OCH3 is 1. The largest absolute Gasteiger partial charge is 0.382 e. The SMILES string of the molecule is CN=C(NCCCCOCCOC)NCC1(Sc2ccccc2)CC1. The molecular formula is C19H31N3O2S. The van der Waals surface area contributed by atoms with Crippen molar-refractivity contribution in [3.05, 3.63) is 30.3 Å². The number of rotatable bonds is 12. The minimum absolute atomic E-state index is 0.328. The Bertz CT molecular complexity index is 507. The Labute approximate surface area is 156 Å². The summed E-state index contributed by atoms with van der Waals surface area (Å²) in [5.74, 6) is 0.889. The van der Waals surface area contributed by atoms with Crippen LogP contribution < -0.4 is 10.6 Å². The van der Waals surface area contributed by atoms with Gasteiger partial charge in [0.05, 0.1) is 13.2 Å². The molecule has 0 spiro atoms. The first-order valence-electron chi connectivity index (χ1n) is 9.03.